The summed E-state index contributed by atoms with van der Waals surface area (Å²) in [5, 5.41) is 0. The Morgan fingerprint density at radius 3 is 2.08 bits per heavy atom. The third-order valence-corrected chi connectivity index (χ3v) is 4.60. The molecule has 2 aliphatic rings. The molecule has 2 aromatic rings. The van der Waals surface area contributed by atoms with Gasteiger partial charge < -0.3 is 9.80 Å². The second-order valence-electron chi connectivity index (χ2n) is 6.43. The van der Waals surface area contributed by atoms with Crippen LogP contribution in [0.2, 0.25) is 0 Å². The van der Waals surface area contributed by atoms with Crippen molar-refractivity contribution in [3.63, 3.8) is 0 Å². The van der Waals surface area contributed by atoms with Crippen molar-refractivity contribution in [2.75, 3.05) is 13.1 Å². The zero-order valence-electron chi connectivity index (χ0n) is 13.8. The molecule has 0 radical (unpaired) electrons. The van der Waals surface area contributed by atoms with E-state index in [4.69, 9.17) is 4.99 Å². The van der Waals surface area contributed by atoms with Crippen molar-refractivity contribution in [1.29, 1.82) is 0 Å². The van der Waals surface area contributed by atoms with Gasteiger partial charge in [0.15, 0.2) is 5.96 Å². The fourth-order valence-electron chi connectivity index (χ4n) is 3.23. The second kappa shape index (κ2) is 8.01. The maximum Gasteiger partial charge on any atom is 0.197 e. The average Bonchev–Trinajstić information content (AvgIpc) is 3.37. The predicted octanol–water partition coefficient (Wildman–Crippen LogP) is 4.14. The molecule has 2 aromatic carbocycles. The van der Waals surface area contributed by atoms with E-state index in [0.717, 1.165) is 32.2 Å². The molecule has 1 saturated carbocycles. The molecule has 4 rings (SSSR count). The summed E-state index contributed by atoms with van der Waals surface area (Å²) in [7, 11) is 0. The SMILES string of the molecule is I.c1ccc(CN=C2N(Cc3ccccc3)CCN2C2CC2)cc1. The number of benzene rings is 2. The normalized spacial score (nSPS) is 18.8. The van der Waals surface area contributed by atoms with E-state index >= 15 is 0 Å². The van der Waals surface area contributed by atoms with Crippen molar-refractivity contribution in [3.8, 4) is 0 Å². The van der Waals surface area contributed by atoms with Crippen molar-refractivity contribution in [2.24, 2.45) is 4.99 Å². The summed E-state index contributed by atoms with van der Waals surface area (Å²) in [5.41, 5.74) is 2.64. The van der Waals surface area contributed by atoms with Gasteiger partial charge in [0.25, 0.3) is 0 Å². The summed E-state index contributed by atoms with van der Waals surface area (Å²) in [5.74, 6) is 1.19. The predicted molar refractivity (Wildman–Crippen MR) is 110 cm³/mol. The number of hydrogen-bond donors (Lipinski definition) is 0. The molecule has 0 unspecified atom stereocenters. The van der Waals surface area contributed by atoms with Gasteiger partial charge in [-0.3, -0.25) is 0 Å². The summed E-state index contributed by atoms with van der Waals surface area (Å²) in [4.78, 5) is 9.94. The lowest BCUT2D eigenvalue weighted by Gasteiger charge is -2.23. The van der Waals surface area contributed by atoms with E-state index in [1.54, 1.807) is 0 Å². The maximum absolute atomic E-state index is 4.98. The average molecular weight is 433 g/mol. The van der Waals surface area contributed by atoms with E-state index in [9.17, 15) is 0 Å². The highest BCUT2D eigenvalue weighted by atomic mass is 127. The van der Waals surface area contributed by atoms with Crippen molar-refractivity contribution >= 4 is 29.9 Å². The van der Waals surface area contributed by atoms with Gasteiger partial charge in [-0.15, -0.1) is 24.0 Å². The molecular weight excluding hydrogens is 409 g/mol. The van der Waals surface area contributed by atoms with Crippen LogP contribution in [0.4, 0.5) is 0 Å². The number of halogens is 1. The molecule has 0 spiro atoms. The van der Waals surface area contributed by atoms with Crippen molar-refractivity contribution in [2.45, 2.75) is 32.0 Å². The summed E-state index contributed by atoms with van der Waals surface area (Å²) < 4.78 is 0. The van der Waals surface area contributed by atoms with Gasteiger partial charge in [-0.25, -0.2) is 4.99 Å². The van der Waals surface area contributed by atoms with Gasteiger partial charge in [0.1, 0.15) is 0 Å². The van der Waals surface area contributed by atoms with Gasteiger partial charge in [0.05, 0.1) is 6.54 Å². The summed E-state index contributed by atoms with van der Waals surface area (Å²) in [6.45, 7) is 3.92. The van der Waals surface area contributed by atoms with E-state index in [1.807, 2.05) is 0 Å². The van der Waals surface area contributed by atoms with Crippen LogP contribution in [0.3, 0.4) is 0 Å². The Hall–Kier alpha value is -1.56. The first kappa shape index (κ1) is 17.3. The molecule has 0 aromatic heterocycles. The summed E-state index contributed by atoms with van der Waals surface area (Å²) >= 11 is 0. The van der Waals surface area contributed by atoms with Crippen molar-refractivity contribution < 1.29 is 0 Å². The van der Waals surface area contributed by atoms with Crippen LogP contribution in [0, 0.1) is 0 Å². The summed E-state index contributed by atoms with van der Waals surface area (Å²) in [6.07, 6.45) is 2.65. The molecular formula is C20H24IN3. The maximum atomic E-state index is 4.98. The monoisotopic (exact) mass is 433 g/mol. The number of guanidine groups is 1. The number of hydrogen-bond acceptors (Lipinski definition) is 1. The molecule has 0 bridgehead atoms. The van der Waals surface area contributed by atoms with E-state index in [0.29, 0.717) is 0 Å². The Balaban J connectivity index is 0.00000169. The third kappa shape index (κ3) is 4.09. The lowest BCUT2D eigenvalue weighted by atomic mass is 10.2. The van der Waals surface area contributed by atoms with E-state index in [1.165, 1.54) is 29.9 Å². The summed E-state index contributed by atoms with van der Waals surface area (Å²) in [6, 6.07) is 22.0. The van der Waals surface area contributed by atoms with Gasteiger partial charge in [-0.2, -0.15) is 0 Å². The minimum absolute atomic E-state index is 0. The topological polar surface area (TPSA) is 18.8 Å². The van der Waals surface area contributed by atoms with Crippen LogP contribution in [0.25, 0.3) is 0 Å². The molecule has 1 saturated heterocycles. The fourth-order valence-corrected chi connectivity index (χ4v) is 3.23. The van der Waals surface area contributed by atoms with Gasteiger partial charge in [0.2, 0.25) is 0 Å². The molecule has 24 heavy (non-hydrogen) atoms. The van der Waals surface area contributed by atoms with Crippen LogP contribution in [-0.4, -0.2) is 34.9 Å². The molecule has 0 N–H and O–H groups in total. The largest absolute Gasteiger partial charge is 0.338 e. The van der Waals surface area contributed by atoms with Crippen LogP contribution in [0.1, 0.15) is 24.0 Å². The molecule has 1 heterocycles. The highest BCUT2D eigenvalue weighted by molar-refractivity contribution is 14.0. The van der Waals surface area contributed by atoms with Crippen LogP contribution in [0.15, 0.2) is 65.7 Å². The first-order valence-corrected chi connectivity index (χ1v) is 8.54. The molecule has 1 aliphatic carbocycles. The Morgan fingerprint density at radius 1 is 0.833 bits per heavy atom. The zero-order valence-corrected chi connectivity index (χ0v) is 16.2. The zero-order chi connectivity index (χ0) is 15.5. The van der Waals surface area contributed by atoms with Crippen molar-refractivity contribution in [1.82, 2.24) is 9.80 Å². The minimum atomic E-state index is 0. The first-order chi connectivity index (χ1) is 11.4. The van der Waals surface area contributed by atoms with Crippen LogP contribution in [-0.2, 0) is 13.1 Å². The van der Waals surface area contributed by atoms with E-state index in [2.05, 4.69) is 70.5 Å². The highest BCUT2D eigenvalue weighted by Gasteiger charge is 2.37. The van der Waals surface area contributed by atoms with Gasteiger partial charge in [-0.05, 0) is 24.0 Å². The minimum Gasteiger partial charge on any atom is -0.338 e. The Kier molecular flexibility index (Phi) is 5.76. The molecule has 4 heteroatoms. The molecule has 2 fully saturated rings. The van der Waals surface area contributed by atoms with Crippen LogP contribution in [0.5, 0.6) is 0 Å². The highest BCUT2D eigenvalue weighted by Crippen LogP contribution is 2.30. The second-order valence-corrected chi connectivity index (χ2v) is 6.43. The Morgan fingerprint density at radius 2 is 1.46 bits per heavy atom. The molecule has 1 aliphatic heterocycles. The smallest absolute Gasteiger partial charge is 0.197 e. The van der Waals surface area contributed by atoms with Crippen LogP contribution < -0.4 is 0 Å². The van der Waals surface area contributed by atoms with Gasteiger partial charge >= 0.3 is 0 Å². The molecule has 0 amide bonds. The Labute approximate surface area is 161 Å². The molecule has 0 atom stereocenters. The first-order valence-electron chi connectivity index (χ1n) is 8.54. The Bertz CT molecular complexity index is 668. The van der Waals surface area contributed by atoms with Crippen LogP contribution >= 0.6 is 24.0 Å². The molecule has 3 nitrogen and oxygen atoms in total. The van der Waals surface area contributed by atoms with Gasteiger partial charge in [-0.1, -0.05) is 60.7 Å². The van der Waals surface area contributed by atoms with E-state index < -0.39 is 0 Å². The quantitative estimate of drug-likeness (QED) is 0.661. The third-order valence-electron chi connectivity index (χ3n) is 4.60. The number of nitrogens with zero attached hydrogens (tertiary/aromatic N) is 3. The molecule has 126 valence electrons. The van der Waals surface area contributed by atoms with Gasteiger partial charge in [0, 0.05) is 25.7 Å². The lowest BCUT2D eigenvalue weighted by molar-refractivity contribution is 0.449. The fraction of sp³-hybridized carbons (Fsp3) is 0.350. The number of aliphatic imine (C=N–C) groups is 1. The standard InChI is InChI=1S/C20H23N3.HI/c1-3-7-17(8-4-1)15-21-20-22(13-14-23(20)19-11-12-19)16-18-9-5-2-6-10-18;/h1-10,19H,11-16H2;1H. The van der Waals surface area contributed by atoms with E-state index in [-0.39, 0.29) is 24.0 Å². The number of rotatable bonds is 5. The lowest BCUT2D eigenvalue weighted by Crippen LogP contribution is -2.34. The van der Waals surface area contributed by atoms with Crippen molar-refractivity contribution in [3.05, 3.63) is 71.8 Å².